The lowest BCUT2D eigenvalue weighted by molar-refractivity contribution is 0.404. The Hall–Kier alpha value is -2.47. The number of hydrogen-bond acceptors (Lipinski definition) is 4. The molecule has 2 aromatic heterocycles. The van der Waals surface area contributed by atoms with E-state index in [1.807, 2.05) is 6.07 Å². The highest BCUT2D eigenvalue weighted by Gasteiger charge is 2.21. The van der Waals surface area contributed by atoms with E-state index in [1.54, 1.807) is 20.2 Å². The third-order valence-electron chi connectivity index (χ3n) is 4.85. The smallest absolute Gasteiger partial charge is 0.277 e. The number of nitrogens with zero attached hydrogens (tertiary/aromatic N) is 2. The second kappa shape index (κ2) is 6.11. The summed E-state index contributed by atoms with van der Waals surface area (Å²) in [5.74, 6) is 1.37. The summed E-state index contributed by atoms with van der Waals surface area (Å²) in [5, 5.41) is 6.96. The van der Waals surface area contributed by atoms with Gasteiger partial charge in [0.15, 0.2) is 5.65 Å². The Kier molecular flexibility index (Phi) is 3.92. The van der Waals surface area contributed by atoms with E-state index >= 15 is 0 Å². The Morgan fingerprint density at radius 1 is 1.32 bits per heavy atom. The van der Waals surface area contributed by atoms with Gasteiger partial charge in [0.25, 0.3) is 5.56 Å². The van der Waals surface area contributed by atoms with Crippen molar-refractivity contribution in [3.05, 3.63) is 45.3 Å². The third kappa shape index (κ3) is 2.76. The van der Waals surface area contributed by atoms with Gasteiger partial charge in [0.2, 0.25) is 0 Å². The second-order valence-electron chi connectivity index (χ2n) is 6.40. The highest BCUT2D eigenvalue weighted by Crippen LogP contribution is 2.40. The maximum atomic E-state index is 12.4. The molecule has 0 atom stereocenters. The van der Waals surface area contributed by atoms with Crippen LogP contribution in [0.5, 0.6) is 5.75 Å². The van der Waals surface area contributed by atoms with Gasteiger partial charge in [-0.25, -0.2) is 4.98 Å². The molecule has 3 aromatic rings. The topological polar surface area (TPSA) is 71.9 Å². The highest BCUT2D eigenvalue weighted by atomic mass is 35.5. The molecule has 1 fully saturated rings. The van der Waals surface area contributed by atoms with E-state index in [0.717, 1.165) is 11.4 Å². The van der Waals surface area contributed by atoms with Crippen molar-refractivity contribution in [3.8, 4) is 5.75 Å². The van der Waals surface area contributed by atoms with Crippen molar-refractivity contribution < 1.29 is 4.74 Å². The van der Waals surface area contributed by atoms with Crippen molar-refractivity contribution in [1.29, 1.82) is 0 Å². The summed E-state index contributed by atoms with van der Waals surface area (Å²) in [6.45, 7) is 0. The molecular weight excluding hydrogens is 340 g/mol. The van der Waals surface area contributed by atoms with Gasteiger partial charge in [-0.2, -0.15) is 0 Å². The fourth-order valence-electron chi connectivity index (χ4n) is 3.24. The number of rotatable bonds is 4. The van der Waals surface area contributed by atoms with Gasteiger partial charge in [-0.3, -0.25) is 14.6 Å². The number of benzene rings is 1. The van der Waals surface area contributed by atoms with E-state index in [0.29, 0.717) is 27.8 Å². The Morgan fingerprint density at radius 3 is 2.80 bits per heavy atom. The number of aromatic amines is 1. The number of hydrogen-bond donors (Lipinski definition) is 2. The summed E-state index contributed by atoms with van der Waals surface area (Å²) >= 11 is 6.10. The molecule has 0 aliphatic heterocycles. The van der Waals surface area contributed by atoms with Crippen LogP contribution in [0.2, 0.25) is 5.15 Å². The Morgan fingerprint density at radius 2 is 2.12 bits per heavy atom. The van der Waals surface area contributed by atoms with Gasteiger partial charge < -0.3 is 10.1 Å². The first-order valence-corrected chi connectivity index (χ1v) is 8.65. The lowest BCUT2D eigenvalue weighted by atomic mass is 9.80. The van der Waals surface area contributed by atoms with Crippen LogP contribution >= 0.6 is 11.6 Å². The van der Waals surface area contributed by atoms with E-state index in [2.05, 4.69) is 27.5 Å². The average molecular weight is 359 g/mol. The van der Waals surface area contributed by atoms with E-state index in [9.17, 15) is 4.79 Å². The number of halogens is 1. The van der Waals surface area contributed by atoms with Crippen LogP contribution < -0.4 is 15.6 Å². The Labute approximate surface area is 149 Å². The fourth-order valence-corrected chi connectivity index (χ4v) is 3.43. The molecule has 1 aliphatic carbocycles. The first-order chi connectivity index (χ1) is 12.1. The zero-order valence-electron chi connectivity index (χ0n) is 14.1. The molecule has 7 heteroatoms. The fraction of sp³-hybridized carbons (Fsp3) is 0.333. The molecule has 1 aliphatic rings. The Balaban J connectivity index is 1.77. The molecule has 6 nitrogen and oxygen atoms in total. The number of anilines is 2. The van der Waals surface area contributed by atoms with Crippen LogP contribution in [0.1, 0.15) is 30.7 Å². The van der Waals surface area contributed by atoms with Gasteiger partial charge in [0.1, 0.15) is 16.3 Å². The van der Waals surface area contributed by atoms with Crippen LogP contribution in [0.25, 0.3) is 11.0 Å². The minimum absolute atomic E-state index is 0.160. The third-order valence-corrected chi connectivity index (χ3v) is 5.05. The van der Waals surface area contributed by atoms with E-state index in [-0.39, 0.29) is 5.56 Å². The van der Waals surface area contributed by atoms with E-state index in [1.165, 1.54) is 29.5 Å². The first-order valence-electron chi connectivity index (χ1n) is 8.27. The number of methoxy groups -OCH3 is 1. The predicted molar refractivity (Wildman–Crippen MR) is 99.2 cm³/mol. The maximum Gasteiger partial charge on any atom is 0.277 e. The molecule has 4 rings (SSSR count). The quantitative estimate of drug-likeness (QED) is 0.693. The zero-order chi connectivity index (χ0) is 17.6. The molecule has 2 N–H and O–H groups in total. The number of pyridine rings is 1. The molecule has 1 saturated carbocycles. The highest BCUT2D eigenvalue weighted by molar-refractivity contribution is 6.30. The molecule has 0 spiro atoms. The van der Waals surface area contributed by atoms with Crippen molar-refractivity contribution in [2.45, 2.75) is 25.2 Å². The van der Waals surface area contributed by atoms with Crippen LogP contribution in [0.15, 0.2) is 29.1 Å². The molecule has 0 radical (unpaired) electrons. The van der Waals surface area contributed by atoms with Crippen LogP contribution in [-0.4, -0.2) is 21.9 Å². The van der Waals surface area contributed by atoms with Crippen molar-refractivity contribution >= 4 is 34.0 Å². The predicted octanol–water partition coefficient (Wildman–Crippen LogP) is 3.93. The van der Waals surface area contributed by atoms with Crippen LogP contribution in [0.4, 0.5) is 11.4 Å². The normalized spacial score (nSPS) is 14.5. The number of H-pyrrole nitrogens is 1. The number of ether oxygens (including phenoxy) is 1. The first kappa shape index (κ1) is 16.0. The van der Waals surface area contributed by atoms with Gasteiger partial charge in [-0.1, -0.05) is 24.1 Å². The number of nitrogens with one attached hydrogen (secondary N) is 2. The van der Waals surface area contributed by atoms with Gasteiger partial charge in [-0.05, 0) is 42.5 Å². The molecule has 130 valence electrons. The van der Waals surface area contributed by atoms with Crippen molar-refractivity contribution in [2.24, 2.45) is 7.05 Å². The lowest BCUT2D eigenvalue weighted by Gasteiger charge is -2.26. The molecule has 0 saturated heterocycles. The van der Waals surface area contributed by atoms with Gasteiger partial charge in [0, 0.05) is 7.05 Å². The largest absolute Gasteiger partial charge is 0.495 e. The maximum absolute atomic E-state index is 12.4. The van der Waals surface area contributed by atoms with Crippen LogP contribution in [-0.2, 0) is 7.05 Å². The molecule has 0 amide bonds. The minimum Gasteiger partial charge on any atom is -0.495 e. The van der Waals surface area contributed by atoms with Gasteiger partial charge in [-0.15, -0.1) is 0 Å². The monoisotopic (exact) mass is 358 g/mol. The number of fused-ring (bicyclic) bond motifs is 1. The molecule has 25 heavy (non-hydrogen) atoms. The summed E-state index contributed by atoms with van der Waals surface area (Å²) < 4.78 is 6.94. The number of aromatic nitrogens is 3. The molecule has 2 heterocycles. The second-order valence-corrected chi connectivity index (χ2v) is 6.79. The summed E-state index contributed by atoms with van der Waals surface area (Å²) in [5.41, 5.74) is 2.98. The van der Waals surface area contributed by atoms with E-state index < -0.39 is 0 Å². The van der Waals surface area contributed by atoms with Crippen LogP contribution in [0.3, 0.4) is 0 Å². The summed E-state index contributed by atoms with van der Waals surface area (Å²) in [6.07, 6.45) is 3.75. The molecule has 0 bridgehead atoms. The molecule has 1 aromatic carbocycles. The summed E-state index contributed by atoms with van der Waals surface area (Å²) in [7, 11) is 3.30. The SMILES string of the molecule is COc1cc(C2CCC2)ccc1Nc1cc(Cl)nc2[nH]n(C)c(=O)c12. The summed E-state index contributed by atoms with van der Waals surface area (Å²) in [4.78, 5) is 16.5. The van der Waals surface area contributed by atoms with Crippen molar-refractivity contribution in [2.75, 3.05) is 12.4 Å². The molecule has 0 unspecified atom stereocenters. The Bertz CT molecular complexity index is 1000. The molecular formula is C18H19ClN4O2. The van der Waals surface area contributed by atoms with Gasteiger partial charge >= 0.3 is 0 Å². The van der Waals surface area contributed by atoms with E-state index in [4.69, 9.17) is 16.3 Å². The van der Waals surface area contributed by atoms with Crippen LogP contribution in [0, 0.1) is 0 Å². The minimum atomic E-state index is -0.160. The summed E-state index contributed by atoms with van der Waals surface area (Å²) in [6, 6.07) is 7.83. The van der Waals surface area contributed by atoms with Gasteiger partial charge in [0.05, 0.1) is 18.5 Å². The van der Waals surface area contributed by atoms with Crippen molar-refractivity contribution in [1.82, 2.24) is 14.8 Å². The standard InChI is InChI=1S/C18H19ClN4O2/c1-23-18(24)16-13(9-15(19)21-17(16)22-23)20-12-7-6-11(8-14(12)25-2)10-4-3-5-10/h6-10H,3-5H2,1-2H3,(H2,20,21,22). The lowest BCUT2D eigenvalue weighted by Crippen LogP contribution is -2.12. The van der Waals surface area contributed by atoms with Crippen molar-refractivity contribution in [3.63, 3.8) is 0 Å². The average Bonchev–Trinajstić information content (AvgIpc) is 2.81. The zero-order valence-corrected chi connectivity index (χ0v) is 14.9. The number of aryl methyl sites for hydroxylation is 1.